The van der Waals surface area contributed by atoms with Crippen molar-refractivity contribution in [1.82, 2.24) is 0 Å². The third-order valence-corrected chi connectivity index (χ3v) is 8.35. The average Bonchev–Trinajstić information content (AvgIpc) is 2.94. The van der Waals surface area contributed by atoms with E-state index in [1.54, 1.807) is 0 Å². The number of allylic oxidation sites excluding steroid dienone is 2. The molecule has 2 fully saturated rings. The van der Waals surface area contributed by atoms with Gasteiger partial charge in [-0.15, -0.1) is 0 Å². The normalized spacial score (nSPS) is 24.3. The van der Waals surface area contributed by atoms with Crippen molar-refractivity contribution in [3.63, 3.8) is 0 Å². The summed E-state index contributed by atoms with van der Waals surface area (Å²) in [4.78, 5) is 0. The maximum atomic E-state index is 15.1. The Morgan fingerprint density at radius 3 is 1.74 bits per heavy atom. The SMILES string of the molecule is CCOCc1ccc(C2CCC(/C(F)=C(\F)C3CCC(C(F)(F)Oc4cc(F)c(C(F)(F)F)c(F)c4)CC3)CC2)cc1. The molecule has 232 valence electrons. The maximum absolute atomic E-state index is 15.1. The molecule has 0 atom stereocenters. The Kier molecular flexibility index (Phi) is 10.2. The van der Waals surface area contributed by atoms with Gasteiger partial charge in [-0.05, 0) is 75.3 Å². The van der Waals surface area contributed by atoms with Gasteiger partial charge in [0.25, 0.3) is 0 Å². The van der Waals surface area contributed by atoms with Crippen LogP contribution in [0.2, 0.25) is 0 Å². The van der Waals surface area contributed by atoms with Crippen LogP contribution >= 0.6 is 0 Å². The quantitative estimate of drug-likeness (QED) is 0.264. The van der Waals surface area contributed by atoms with Crippen molar-refractivity contribution in [3.8, 4) is 5.75 Å². The molecule has 0 saturated heterocycles. The molecule has 0 N–H and O–H groups in total. The fourth-order valence-electron chi connectivity index (χ4n) is 5.98. The van der Waals surface area contributed by atoms with Gasteiger partial charge in [-0.1, -0.05) is 24.3 Å². The molecule has 2 aliphatic carbocycles. The van der Waals surface area contributed by atoms with Gasteiger partial charge in [-0.25, -0.2) is 17.6 Å². The number of hydrogen-bond acceptors (Lipinski definition) is 2. The van der Waals surface area contributed by atoms with Crippen LogP contribution in [-0.2, 0) is 17.5 Å². The van der Waals surface area contributed by atoms with Gasteiger partial charge >= 0.3 is 12.3 Å². The minimum Gasteiger partial charge on any atom is -0.432 e. The first-order chi connectivity index (χ1) is 19.8. The average molecular weight is 609 g/mol. The van der Waals surface area contributed by atoms with E-state index in [0.29, 0.717) is 38.9 Å². The van der Waals surface area contributed by atoms with Crippen molar-refractivity contribution < 1.29 is 49.0 Å². The Morgan fingerprint density at radius 2 is 1.26 bits per heavy atom. The van der Waals surface area contributed by atoms with Crippen LogP contribution in [0.15, 0.2) is 48.1 Å². The van der Waals surface area contributed by atoms with Gasteiger partial charge in [0.15, 0.2) is 0 Å². The molecule has 2 saturated carbocycles. The third-order valence-electron chi connectivity index (χ3n) is 8.35. The first kappa shape index (κ1) is 32.2. The van der Waals surface area contributed by atoms with E-state index in [2.05, 4.69) is 4.74 Å². The predicted molar refractivity (Wildman–Crippen MR) is 138 cm³/mol. The van der Waals surface area contributed by atoms with E-state index in [4.69, 9.17) is 4.74 Å². The molecule has 2 aromatic carbocycles. The monoisotopic (exact) mass is 608 g/mol. The fraction of sp³-hybridized carbons (Fsp3) is 0.548. The molecule has 0 spiro atoms. The second kappa shape index (κ2) is 13.3. The smallest absolute Gasteiger partial charge is 0.422 e. The number of ether oxygens (including phenoxy) is 2. The van der Waals surface area contributed by atoms with Crippen molar-refractivity contribution in [2.45, 2.75) is 83.1 Å². The lowest BCUT2D eigenvalue weighted by molar-refractivity contribution is -0.223. The lowest BCUT2D eigenvalue weighted by atomic mass is 9.76. The summed E-state index contributed by atoms with van der Waals surface area (Å²) >= 11 is 0. The first-order valence-corrected chi connectivity index (χ1v) is 14.1. The Morgan fingerprint density at radius 1 is 0.762 bits per heavy atom. The summed E-state index contributed by atoms with van der Waals surface area (Å²) in [6, 6.07) is 8.18. The van der Waals surface area contributed by atoms with Crippen LogP contribution in [-0.4, -0.2) is 12.7 Å². The summed E-state index contributed by atoms with van der Waals surface area (Å²) < 4.78 is 135. The second-order valence-corrected chi connectivity index (χ2v) is 11.1. The zero-order valence-corrected chi connectivity index (χ0v) is 23.1. The van der Waals surface area contributed by atoms with Gasteiger partial charge in [0, 0.05) is 30.6 Å². The molecule has 0 radical (unpaired) electrons. The number of halogens is 9. The molecule has 2 aromatic rings. The zero-order valence-electron chi connectivity index (χ0n) is 23.1. The van der Waals surface area contributed by atoms with E-state index in [1.165, 1.54) is 0 Å². The Labute approximate surface area is 238 Å². The van der Waals surface area contributed by atoms with E-state index in [-0.39, 0.29) is 43.7 Å². The van der Waals surface area contributed by atoms with Gasteiger partial charge in [0.05, 0.1) is 12.5 Å². The van der Waals surface area contributed by atoms with Gasteiger partial charge < -0.3 is 9.47 Å². The van der Waals surface area contributed by atoms with Crippen LogP contribution in [0.4, 0.5) is 39.5 Å². The van der Waals surface area contributed by atoms with Crippen molar-refractivity contribution in [1.29, 1.82) is 0 Å². The minimum absolute atomic E-state index is 0.0511. The molecule has 0 bridgehead atoms. The molecular weight excluding hydrogens is 575 g/mol. The third kappa shape index (κ3) is 7.63. The van der Waals surface area contributed by atoms with Crippen molar-refractivity contribution in [2.75, 3.05) is 6.61 Å². The highest BCUT2D eigenvalue weighted by atomic mass is 19.4. The van der Waals surface area contributed by atoms with Crippen LogP contribution < -0.4 is 4.74 Å². The van der Waals surface area contributed by atoms with Gasteiger partial charge in [-0.2, -0.15) is 22.0 Å². The Balaban J connectivity index is 1.31. The molecule has 0 aliphatic heterocycles. The summed E-state index contributed by atoms with van der Waals surface area (Å²) in [6.45, 7) is 3.08. The van der Waals surface area contributed by atoms with E-state index in [1.807, 2.05) is 31.2 Å². The highest BCUT2D eigenvalue weighted by Crippen LogP contribution is 2.46. The number of rotatable bonds is 9. The Hall–Kier alpha value is -2.69. The van der Waals surface area contributed by atoms with Crippen molar-refractivity contribution in [2.24, 2.45) is 17.8 Å². The van der Waals surface area contributed by atoms with Gasteiger partial charge in [0.2, 0.25) is 0 Å². The standard InChI is InChI=1S/C31H33F9O2/c1-2-41-17-18-3-5-19(6-4-18)20-7-9-21(10-8-20)28(34)29(35)22-11-13-23(14-12-22)31(39,40)42-24-15-25(32)27(26(33)16-24)30(36,37)38/h3-6,15-16,20-23H,2,7-14,17H2,1H3/b29-28+. The van der Waals surface area contributed by atoms with Crippen LogP contribution in [0, 0.1) is 29.4 Å². The van der Waals surface area contributed by atoms with E-state index in [0.717, 1.165) is 11.1 Å². The van der Waals surface area contributed by atoms with Gasteiger partial charge in [-0.3, -0.25) is 0 Å². The molecule has 2 nitrogen and oxygen atoms in total. The summed E-state index contributed by atoms with van der Waals surface area (Å²) in [5.74, 6) is -9.72. The highest BCUT2D eigenvalue weighted by Gasteiger charge is 2.46. The summed E-state index contributed by atoms with van der Waals surface area (Å²) in [6.07, 6.45) is -7.75. The lowest BCUT2D eigenvalue weighted by Crippen LogP contribution is -2.37. The van der Waals surface area contributed by atoms with Crippen LogP contribution in [0.1, 0.15) is 80.9 Å². The summed E-state index contributed by atoms with van der Waals surface area (Å²) in [7, 11) is 0. The number of alkyl halides is 5. The molecule has 11 heteroatoms. The first-order valence-electron chi connectivity index (χ1n) is 14.1. The fourth-order valence-corrected chi connectivity index (χ4v) is 5.98. The van der Waals surface area contributed by atoms with Crippen LogP contribution in [0.3, 0.4) is 0 Å². The summed E-state index contributed by atoms with van der Waals surface area (Å²) in [5.41, 5.74) is -0.00277. The van der Waals surface area contributed by atoms with Crippen LogP contribution in [0.5, 0.6) is 5.75 Å². The lowest BCUT2D eigenvalue weighted by Gasteiger charge is -2.33. The predicted octanol–water partition coefficient (Wildman–Crippen LogP) is 10.4. The van der Waals surface area contributed by atoms with Crippen molar-refractivity contribution in [3.05, 3.63) is 76.4 Å². The van der Waals surface area contributed by atoms with Crippen molar-refractivity contribution >= 4 is 0 Å². The van der Waals surface area contributed by atoms with E-state index < -0.39 is 64.6 Å². The topological polar surface area (TPSA) is 18.5 Å². The number of benzene rings is 2. The highest BCUT2D eigenvalue weighted by molar-refractivity contribution is 5.32. The largest absolute Gasteiger partial charge is 0.432 e. The summed E-state index contributed by atoms with van der Waals surface area (Å²) in [5, 5.41) is 0. The number of hydrogen-bond donors (Lipinski definition) is 0. The molecule has 0 heterocycles. The molecule has 0 aromatic heterocycles. The molecule has 0 unspecified atom stereocenters. The molecular formula is C31H33F9O2. The molecule has 2 aliphatic rings. The van der Waals surface area contributed by atoms with Crippen LogP contribution in [0.25, 0.3) is 0 Å². The molecule has 42 heavy (non-hydrogen) atoms. The minimum atomic E-state index is -5.35. The van der Waals surface area contributed by atoms with E-state index in [9.17, 15) is 30.7 Å². The molecule has 0 amide bonds. The van der Waals surface area contributed by atoms with Gasteiger partial charge in [0.1, 0.15) is 34.6 Å². The van der Waals surface area contributed by atoms with E-state index >= 15 is 8.78 Å². The maximum Gasteiger partial charge on any atom is 0.422 e. The Bertz CT molecular complexity index is 1200. The molecule has 4 rings (SSSR count). The second-order valence-electron chi connectivity index (χ2n) is 11.1. The zero-order chi connectivity index (χ0) is 30.7.